The van der Waals surface area contributed by atoms with E-state index in [1.54, 1.807) is 30.3 Å². The Kier molecular flexibility index (Phi) is 4.71. The lowest BCUT2D eigenvalue weighted by Crippen LogP contribution is -2.13. The minimum atomic E-state index is -0.227. The minimum Gasteiger partial charge on any atom is -0.495 e. The van der Waals surface area contributed by atoms with E-state index in [2.05, 4.69) is 10.6 Å². The fourth-order valence-corrected chi connectivity index (χ4v) is 2.92. The molecular formula is C18H17ClN2O3. The van der Waals surface area contributed by atoms with Gasteiger partial charge in [0.2, 0.25) is 5.91 Å². The Balaban J connectivity index is 1.79. The molecule has 0 aromatic heterocycles. The minimum absolute atomic E-state index is 0.0128. The van der Waals surface area contributed by atoms with Crippen LogP contribution in [0.1, 0.15) is 28.8 Å². The van der Waals surface area contributed by atoms with Crippen LogP contribution in [0.3, 0.4) is 0 Å². The van der Waals surface area contributed by atoms with Crippen molar-refractivity contribution in [3.63, 3.8) is 0 Å². The lowest BCUT2D eigenvalue weighted by Gasteiger charge is -2.11. The van der Waals surface area contributed by atoms with Gasteiger partial charge in [-0.1, -0.05) is 11.6 Å². The van der Waals surface area contributed by atoms with Gasteiger partial charge in [-0.3, -0.25) is 9.59 Å². The summed E-state index contributed by atoms with van der Waals surface area (Å²) < 4.78 is 5.09. The maximum absolute atomic E-state index is 12.4. The Morgan fingerprint density at radius 3 is 2.79 bits per heavy atom. The Labute approximate surface area is 145 Å². The molecule has 0 spiro atoms. The number of halogens is 1. The molecule has 0 fully saturated rings. The molecule has 0 saturated carbocycles. The second-order valence-corrected chi connectivity index (χ2v) is 5.98. The molecule has 0 atom stereocenters. The van der Waals surface area contributed by atoms with Crippen LogP contribution < -0.4 is 15.4 Å². The molecular weight excluding hydrogens is 328 g/mol. The van der Waals surface area contributed by atoms with Crippen molar-refractivity contribution in [1.82, 2.24) is 0 Å². The summed E-state index contributed by atoms with van der Waals surface area (Å²) in [6.07, 6.45) is 2.04. The van der Waals surface area contributed by atoms with Gasteiger partial charge in [0, 0.05) is 23.4 Å². The zero-order chi connectivity index (χ0) is 17.1. The molecule has 0 saturated heterocycles. The average molecular weight is 345 g/mol. The van der Waals surface area contributed by atoms with E-state index in [-0.39, 0.29) is 11.8 Å². The van der Waals surface area contributed by atoms with Crippen LogP contribution >= 0.6 is 11.6 Å². The van der Waals surface area contributed by atoms with Gasteiger partial charge in [0.15, 0.2) is 0 Å². The van der Waals surface area contributed by atoms with Gasteiger partial charge in [0.05, 0.1) is 12.1 Å². The first-order valence-electron chi connectivity index (χ1n) is 7.64. The van der Waals surface area contributed by atoms with Crippen LogP contribution in [0.15, 0.2) is 36.4 Å². The highest BCUT2D eigenvalue weighted by Crippen LogP contribution is 2.28. The van der Waals surface area contributed by atoms with Crippen molar-refractivity contribution in [2.24, 2.45) is 0 Å². The van der Waals surface area contributed by atoms with Gasteiger partial charge in [0.1, 0.15) is 5.75 Å². The molecule has 3 rings (SSSR count). The number of anilines is 2. The van der Waals surface area contributed by atoms with Crippen LogP contribution in [0.25, 0.3) is 0 Å². The summed E-state index contributed by atoms with van der Waals surface area (Å²) in [5.74, 6) is 0.337. The zero-order valence-corrected chi connectivity index (χ0v) is 13.9. The smallest absolute Gasteiger partial charge is 0.255 e. The van der Waals surface area contributed by atoms with Gasteiger partial charge < -0.3 is 15.4 Å². The van der Waals surface area contributed by atoms with E-state index >= 15 is 0 Å². The number of methoxy groups -OCH3 is 1. The van der Waals surface area contributed by atoms with Crippen molar-refractivity contribution in [3.05, 3.63) is 52.5 Å². The third-order valence-electron chi connectivity index (χ3n) is 3.90. The van der Waals surface area contributed by atoms with E-state index < -0.39 is 0 Å². The molecule has 0 radical (unpaired) electrons. The molecule has 24 heavy (non-hydrogen) atoms. The lowest BCUT2D eigenvalue weighted by molar-refractivity contribution is -0.116. The van der Waals surface area contributed by atoms with Crippen molar-refractivity contribution in [2.45, 2.75) is 19.3 Å². The zero-order valence-electron chi connectivity index (χ0n) is 13.2. The maximum atomic E-state index is 12.4. The summed E-state index contributed by atoms with van der Waals surface area (Å²) in [7, 11) is 1.54. The first-order chi connectivity index (χ1) is 11.6. The maximum Gasteiger partial charge on any atom is 0.255 e. The highest BCUT2D eigenvalue weighted by atomic mass is 35.5. The van der Waals surface area contributed by atoms with Crippen molar-refractivity contribution in [1.29, 1.82) is 0 Å². The van der Waals surface area contributed by atoms with Crippen LogP contribution in [0, 0.1) is 0 Å². The average Bonchev–Trinajstić information content (AvgIpc) is 2.74. The fraction of sp³-hybridized carbons (Fsp3) is 0.222. The molecule has 5 nitrogen and oxygen atoms in total. The quantitative estimate of drug-likeness (QED) is 0.888. The topological polar surface area (TPSA) is 67.4 Å². The summed E-state index contributed by atoms with van der Waals surface area (Å²) in [5.41, 5.74) is 2.88. The van der Waals surface area contributed by atoms with Crippen LogP contribution in [0.5, 0.6) is 5.75 Å². The van der Waals surface area contributed by atoms with Gasteiger partial charge in [-0.15, -0.1) is 0 Å². The van der Waals surface area contributed by atoms with Crippen LogP contribution in [0.2, 0.25) is 5.02 Å². The van der Waals surface area contributed by atoms with E-state index in [1.807, 2.05) is 6.07 Å². The Hall–Kier alpha value is -2.53. The molecule has 2 aromatic rings. The summed E-state index contributed by atoms with van der Waals surface area (Å²) in [6, 6.07) is 10.4. The number of benzene rings is 2. The molecule has 2 N–H and O–H groups in total. The number of hydrogen-bond donors (Lipinski definition) is 2. The van der Waals surface area contributed by atoms with Gasteiger partial charge in [-0.05, 0) is 54.8 Å². The third-order valence-corrected chi connectivity index (χ3v) is 4.20. The summed E-state index contributed by atoms with van der Waals surface area (Å²) in [6.45, 7) is 0. The van der Waals surface area contributed by atoms with E-state index in [0.29, 0.717) is 28.4 Å². The monoisotopic (exact) mass is 344 g/mol. The Morgan fingerprint density at radius 2 is 2.04 bits per heavy atom. The number of fused-ring (bicyclic) bond motifs is 1. The van der Waals surface area contributed by atoms with Crippen LogP contribution in [-0.4, -0.2) is 18.9 Å². The van der Waals surface area contributed by atoms with Crippen LogP contribution in [-0.2, 0) is 11.2 Å². The number of amides is 2. The van der Waals surface area contributed by atoms with Crippen molar-refractivity contribution >= 4 is 34.8 Å². The second kappa shape index (κ2) is 6.93. The highest BCUT2D eigenvalue weighted by molar-refractivity contribution is 6.32. The number of rotatable bonds is 3. The number of aryl methyl sites for hydroxylation is 1. The molecule has 1 aliphatic rings. The number of ether oxygens (including phenoxy) is 1. The molecule has 1 aliphatic heterocycles. The third kappa shape index (κ3) is 3.51. The molecule has 2 amide bonds. The van der Waals surface area contributed by atoms with E-state index in [4.69, 9.17) is 16.3 Å². The standard InChI is InChI=1S/C18H17ClN2O3/c1-24-16-8-6-13(10-14(16)19)20-18(23)12-5-7-15-11(9-12)3-2-4-17(22)21-15/h5-10H,2-4H2,1H3,(H,20,23)(H,21,22). The highest BCUT2D eigenvalue weighted by Gasteiger charge is 2.15. The van der Waals surface area contributed by atoms with Gasteiger partial charge >= 0.3 is 0 Å². The normalized spacial score (nSPS) is 13.5. The van der Waals surface area contributed by atoms with Gasteiger partial charge in [-0.25, -0.2) is 0 Å². The summed E-state index contributed by atoms with van der Waals surface area (Å²) in [5, 5.41) is 6.10. The SMILES string of the molecule is COc1ccc(NC(=O)c2ccc3c(c2)CCCC(=O)N3)cc1Cl. The molecule has 6 heteroatoms. The molecule has 124 valence electrons. The lowest BCUT2D eigenvalue weighted by atomic mass is 10.0. The first-order valence-corrected chi connectivity index (χ1v) is 8.02. The van der Waals surface area contributed by atoms with Crippen molar-refractivity contribution in [2.75, 3.05) is 17.7 Å². The van der Waals surface area contributed by atoms with Crippen molar-refractivity contribution < 1.29 is 14.3 Å². The number of nitrogens with one attached hydrogen (secondary N) is 2. The van der Waals surface area contributed by atoms with Crippen molar-refractivity contribution in [3.8, 4) is 5.75 Å². The predicted molar refractivity (Wildman–Crippen MR) is 94.0 cm³/mol. The van der Waals surface area contributed by atoms with E-state index in [9.17, 15) is 9.59 Å². The number of carbonyl (C=O) groups is 2. The number of carbonyl (C=O) groups excluding carboxylic acids is 2. The first kappa shape index (κ1) is 16.3. The predicted octanol–water partition coefficient (Wildman–Crippen LogP) is 3.88. The molecule has 0 aliphatic carbocycles. The van der Waals surface area contributed by atoms with Gasteiger partial charge in [0.25, 0.3) is 5.91 Å². The van der Waals surface area contributed by atoms with E-state index in [0.717, 1.165) is 24.1 Å². The molecule has 1 heterocycles. The second-order valence-electron chi connectivity index (χ2n) is 5.58. The molecule has 0 unspecified atom stereocenters. The Morgan fingerprint density at radius 1 is 1.21 bits per heavy atom. The molecule has 0 bridgehead atoms. The summed E-state index contributed by atoms with van der Waals surface area (Å²) >= 11 is 6.07. The number of hydrogen-bond acceptors (Lipinski definition) is 3. The largest absolute Gasteiger partial charge is 0.495 e. The Bertz CT molecular complexity index is 805. The van der Waals surface area contributed by atoms with Crippen LogP contribution in [0.4, 0.5) is 11.4 Å². The summed E-state index contributed by atoms with van der Waals surface area (Å²) in [4.78, 5) is 24.0. The fourth-order valence-electron chi connectivity index (χ4n) is 2.66. The van der Waals surface area contributed by atoms with E-state index in [1.165, 1.54) is 7.11 Å². The molecule has 2 aromatic carbocycles. The van der Waals surface area contributed by atoms with Gasteiger partial charge in [-0.2, -0.15) is 0 Å².